The van der Waals surface area contributed by atoms with Crippen LogP contribution < -0.4 is 0 Å². The minimum atomic E-state index is -0.146. The third kappa shape index (κ3) is 6.14. The van der Waals surface area contributed by atoms with Gasteiger partial charge in [0.25, 0.3) is 0 Å². The molecule has 2 heterocycles. The van der Waals surface area contributed by atoms with Gasteiger partial charge in [0.1, 0.15) is 5.75 Å². The van der Waals surface area contributed by atoms with Gasteiger partial charge in [-0.3, -0.25) is 14.9 Å². The molecule has 1 N–H and O–H groups in total. The molecule has 0 radical (unpaired) electrons. The first-order valence-electron chi connectivity index (χ1n) is 10.9. The van der Waals surface area contributed by atoms with E-state index in [-0.39, 0.29) is 10.8 Å². The molecule has 0 aliphatic heterocycles. The average Bonchev–Trinajstić information content (AvgIpc) is 2.69. The fraction of sp³-hybridized carbons (Fsp3) is 0.407. The van der Waals surface area contributed by atoms with Crippen molar-refractivity contribution in [2.75, 3.05) is 0 Å². The van der Waals surface area contributed by atoms with E-state index in [1.165, 1.54) is 5.56 Å². The molecule has 0 aliphatic rings. The molecule has 2 aromatic heterocycles. The van der Waals surface area contributed by atoms with Crippen molar-refractivity contribution in [1.82, 2.24) is 14.9 Å². The van der Waals surface area contributed by atoms with Gasteiger partial charge >= 0.3 is 0 Å². The van der Waals surface area contributed by atoms with E-state index in [9.17, 15) is 5.11 Å². The molecule has 4 heteroatoms. The molecule has 3 aromatic rings. The first kappa shape index (κ1) is 23.0. The van der Waals surface area contributed by atoms with Crippen molar-refractivity contribution in [1.29, 1.82) is 0 Å². The molecule has 0 atom stereocenters. The second-order valence-electron chi connectivity index (χ2n) is 10.3. The molecule has 0 saturated heterocycles. The SMILES string of the molecule is CC(C)(C)c1cc(CN(Cc2ccccn2)Cc2ccccn2)cc(C(C)(C)C)c1O. The maximum Gasteiger partial charge on any atom is 0.123 e. The van der Waals surface area contributed by atoms with Gasteiger partial charge in [-0.25, -0.2) is 0 Å². The lowest BCUT2D eigenvalue weighted by molar-refractivity contribution is 0.241. The number of hydrogen-bond acceptors (Lipinski definition) is 4. The molecule has 1 aromatic carbocycles. The maximum absolute atomic E-state index is 11.1. The van der Waals surface area contributed by atoms with Crippen LogP contribution in [0.1, 0.15) is 69.6 Å². The van der Waals surface area contributed by atoms with Crippen molar-refractivity contribution in [3.8, 4) is 5.75 Å². The Hall–Kier alpha value is -2.72. The summed E-state index contributed by atoms with van der Waals surface area (Å²) >= 11 is 0. The Morgan fingerprint density at radius 2 is 1.16 bits per heavy atom. The van der Waals surface area contributed by atoms with Gasteiger partial charge in [-0.1, -0.05) is 65.8 Å². The van der Waals surface area contributed by atoms with E-state index in [2.05, 4.69) is 80.7 Å². The van der Waals surface area contributed by atoms with Crippen LogP contribution in [-0.2, 0) is 30.5 Å². The van der Waals surface area contributed by atoms with Gasteiger partial charge in [0.05, 0.1) is 11.4 Å². The fourth-order valence-electron chi connectivity index (χ4n) is 3.80. The van der Waals surface area contributed by atoms with E-state index in [4.69, 9.17) is 0 Å². The summed E-state index contributed by atoms with van der Waals surface area (Å²) in [5.74, 6) is 0.421. The van der Waals surface area contributed by atoms with Gasteiger partial charge in [-0.2, -0.15) is 0 Å². The Kier molecular flexibility index (Phi) is 6.80. The molecule has 3 rings (SSSR count). The van der Waals surface area contributed by atoms with Crippen LogP contribution in [0.3, 0.4) is 0 Å². The summed E-state index contributed by atoms with van der Waals surface area (Å²) in [6, 6.07) is 16.4. The predicted molar refractivity (Wildman–Crippen MR) is 127 cm³/mol. The zero-order chi connectivity index (χ0) is 22.6. The zero-order valence-electron chi connectivity index (χ0n) is 19.7. The van der Waals surface area contributed by atoms with Gasteiger partial charge in [0.15, 0.2) is 0 Å². The molecule has 0 amide bonds. The van der Waals surface area contributed by atoms with Crippen LogP contribution in [0.5, 0.6) is 5.75 Å². The van der Waals surface area contributed by atoms with E-state index in [1.807, 2.05) is 36.7 Å². The Morgan fingerprint density at radius 3 is 1.52 bits per heavy atom. The van der Waals surface area contributed by atoms with Gasteiger partial charge in [0, 0.05) is 32.0 Å². The number of aromatic nitrogens is 2. The number of aromatic hydroxyl groups is 1. The highest BCUT2D eigenvalue weighted by Crippen LogP contribution is 2.40. The van der Waals surface area contributed by atoms with Crippen molar-refractivity contribution >= 4 is 0 Å². The van der Waals surface area contributed by atoms with Crippen molar-refractivity contribution < 1.29 is 5.11 Å². The predicted octanol–water partition coefficient (Wildman–Crippen LogP) is 5.98. The average molecular weight is 418 g/mol. The first-order valence-corrected chi connectivity index (χ1v) is 10.9. The maximum atomic E-state index is 11.1. The first-order chi connectivity index (χ1) is 14.5. The molecule has 0 unspecified atom stereocenters. The standard InChI is InChI=1S/C27H35N3O/c1-26(2,3)23-15-20(16-24(25(23)31)27(4,5)6)17-30(18-21-11-7-9-13-28-21)19-22-12-8-10-14-29-22/h7-16,31H,17-19H2,1-6H3. The molecule has 0 bridgehead atoms. The highest BCUT2D eigenvalue weighted by atomic mass is 16.3. The minimum absolute atomic E-state index is 0.146. The monoisotopic (exact) mass is 417 g/mol. The van der Waals surface area contributed by atoms with Crippen molar-refractivity contribution in [2.45, 2.75) is 72.0 Å². The number of pyridine rings is 2. The summed E-state index contributed by atoms with van der Waals surface area (Å²) in [7, 11) is 0. The second kappa shape index (κ2) is 9.19. The molecule has 164 valence electrons. The van der Waals surface area contributed by atoms with Crippen LogP contribution in [0, 0.1) is 0 Å². The van der Waals surface area contributed by atoms with E-state index < -0.39 is 0 Å². The number of benzene rings is 1. The molecule has 0 aliphatic carbocycles. The zero-order valence-corrected chi connectivity index (χ0v) is 19.7. The molecule has 31 heavy (non-hydrogen) atoms. The highest BCUT2D eigenvalue weighted by molar-refractivity contribution is 5.49. The van der Waals surface area contributed by atoms with Crippen molar-refractivity contribution in [3.05, 3.63) is 89.0 Å². The number of nitrogens with zero attached hydrogens (tertiary/aromatic N) is 3. The van der Waals surface area contributed by atoms with Gasteiger partial charge in [0.2, 0.25) is 0 Å². The topological polar surface area (TPSA) is 49.2 Å². The molecule has 0 fully saturated rings. The van der Waals surface area contributed by atoms with Crippen LogP contribution in [0.4, 0.5) is 0 Å². The third-order valence-corrected chi connectivity index (χ3v) is 5.42. The van der Waals surface area contributed by atoms with Crippen molar-refractivity contribution in [3.63, 3.8) is 0 Å². The third-order valence-electron chi connectivity index (χ3n) is 5.42. The van der Waals surface area contributed by atoms with Crippen molar-refractivity contribution in [2.24, 2.45) is 0 Å². The Bertz CT molecular complexity index is 910. The molecule has 0 saturated carbocycles. The van der Waals surface area contributed by atoms with Crippen LogP contribution >= 0.6 is 0 Å². The number of phenolic OH excluding ortho intramolecular Hbond substituents is 1. The Morgan fingerprint density at radius 1 is 0.710 bits per heavy atom. The Balaban J connectivity index is 1.99. The summed E-state index contributed by atoms with van der Waals surface area (Å²) < 4.78 is 0. The minimum Gasteiger partial charge on any atom is -0.507 e. The molecular weight excluding hydrogens is 382 g/mol. The summed E-state index contributed by atoms with van der Waals surface area (Å²) in [5.41, 5.74) is 4.95. The van der Waals surface area contributed by atoms with E-state index >= 15 is 0 Å². The summed E-state index contributed by atoms with van der Waals surface area (Å²) in [6.45, 7) is 15.1. The quantitative estimate of drug-likeness (QED) is 0.536. The molecular formula is C27H35N3O. The number of hydrogen-bond donors (Lipinski definition) is 1. The van der Waals surface area contributed by atoms with E-state index in [0.29, 0.717) is 5.75 Å². The number of phenols is 1. The van der Waals surface area contributed by atoms with Crippen LogP contribution in [0.2, 0.25) is 0 Å². The summed E-state index contributed by atoms with van der Waals surface area (Å²) in [5, 5.41) is 11.1. The second-order valence-corrected chi connectivity index (χ2v) is 10.3. The van der Waals surface area contributed by atoms with E-state index in [1.54, 1.807) is 0 Å². The molecule has 0 spiro atoms. The normalized spacial score (nSPS) is 12.4. The van der Waals surface area contributed by atoms with Crippen LogP contribution in [0.15, 0.2) is 60.9 Å². The largest absolute Gasteiger partial charge is 0.507 e. The molecule has 4 nitrogen and oxygen atoms in total. The lowest BCUT2D eigenvalue weighted by Crippen LogP contribution is -2.25. The highest BCUT2D eigenvalue weighted by Gasteiger charge is 2.27. The lowest BCUT2D eigenvalue weighted by atomic mass is 9.78. The van der Waals surface area contributed by atoms with Crippen LogP contribution in [0.25, 0.3) is 0 Å². The summed E-state index contributed by atoms with van der Waals surface area (Å²) in [6.07, 6.45) is 3.68. The van der Waals surface area contributed by atoms with E-state index in [0.717, 1.165) is 42.1 Å². The fourth-order valence-corrected chi connectivity index (χ4v) is 3.80. The number of rotatable bonds is 6. The van der Waals surface area contributed by atoms with Gasteiger partial charge in [-0.15, -0.1) is 0 Å². The Labute approximate surface area is 187 Å². The lowest BCUT2D eigenvalue weighted by Gasteiger charge is -2.29. The van der Waals surface area contributed by atoms with Crippen LogP contribution in [-0.4, -0.2) is 20.0 Å². The smallest absolute Gasteiger partial charge is 0.123 e. The van der Waals surface area contributed by atoms with Gasteiger partial charge < -0.3 is 5.11 Å². The summed E-state index contributed by atoms with van der Waals surface area (Å²) in [4.78, 5) is 11.4. The van der Waals surface area contributed by atoms with Gasteiger partial charge in [-0.05, 0) is 51.8 Å².